The molecule has 0 atom stereocenters. The van der Waals surface area contributed by atoms with Gasteiger partial charge in [0.15, 0.2) is 0 Å². The zero-order chi connectivity index (χ0) is 19.2. The van der Waals surface area contributed by atoms with E-state index in [0.29, 0.717) is 11.3 Å². The second-order valence-electron chi connectivity index (χ2n) is 6.21. The molecule has 0 bridgehead atoms. The summed E-state index contributed by atoms with van der Waals surface area (Å²) >= 11 is 0. The predicted molar refractivity (Wildman–Crippen MR) is 98.6 cm³/mol. The normalized spacial score (nSPS) is 14.7. The first-order valence-corrected chi connectivity index (χ1v) is 8.19. The van der Waals surface area contributed by atoms with Crippen molar-refractivity contribution in [3.63, 3.8) is 0 Å². The third kappa shape index (κ3) is 3.01. The van der Waals surface area contributed by atoms with Crippen molar-refractivity contribution in [3.8, 4) is 5.69 Å². The van der Waals surface area contributed by atoms with E-state index in [1.807, 2.05) is 24.3 Å². The number of aliphatic imine (C=N–C) groups is 1. The van der Waals surface area contributed by atoms with Crippen LogP contribution in [-0.4, -0.2) is 16.0 Å². The third-order valence-electron chi connectivity index (χ3n) is 4.41. The van der Waals surface area contributed by atoms with Crippen LogP contribution >= 0.6 is 0 Å². The lowest BCUT2D eigenvalue weighted by molar-refractivity contribution is -0.137. The molecule has 1 aliphatic heterocycles. The molecule has 0 saturated carbocycles. The molecular weight excluding hydrogens is 355 g/mol. The first-order valence-electron chi connectivity index (χ1n) is 8.19. The van der Waals surface area contributed by atoms with Crippen molar-refractivity contribution in [1.82, 2.24) is 9.78 Å². The number of rotatable bonds is 2. The number of aromatic amines is 1. The van der Waals surface area contributed by atoms with E-state index in [4.69, 9.17) is 0 Å². The number of nitrogens with one attached hydrogen (secondary N) is 1. The average molecular weight is 369 g/mol. The van der Waals surface area contributed by atoms with Gasteiger partial charge in [-0.15, -0.1) is 0 Å². The Morgan fingerprint density at radius 3 is 2.67 bits per heavy atom. The van der Waals surface area contributed by atoms with Gasteiger partial charge in [0, 0.05) is 23.0 Å². The zero-order valence-corrected chi connectivity index (χ0v) is 14.2. The molecule has 2 heterocycles. The van der Waals surface area contributed by atoms with Crippen LogP contribution in [0.15, 0.2) is 58.3 Å². The lowest BCUT2D eigenvalue weighted by Gasteiger charge is -2.08. The van der Waals surface area contributed by atoms with Crippen LogP contribution in [0.3, 0.4) is 0 Å². The van der Waals surface area contributed by atoms with Gasteiger partial charge in [0.2, 0.25) is 0 Å². The van der Waals surface area contributed by atoms with Crippen molar-refractivity contribution in [2.24, 2.45) is 4.99 Å². The number of allylic oxidation sites excluding steroid dienone is 1. The van der Waals surface area contributed by atoms with Gasteiger partial charge in [-0.05, 0) is 37.3 Å². The standard InChI is InChI=1S/C20H14F3N3O/c1-12-17(9-13-11-24-18-8-3-2-7-16(13)18)19(27)26(25-12)15-6-4-5-14(10-15)20(21,22)23/h2-11,25H,1H3/b13-9+. The molecule has 0 unspecified atom stereocenters. The summed E-state index contributed by atoms with van der Waals surface area (Å²) in [5.74, 6) is 0. The summed E-state index contributed by atoms with van der Waals surface area (Å²) in [6, 6.07) is 12.2. The SMILES string of the molecule is Cc1[nH]n(-c2cccc(C(F)(F)F)c2)c(=O)c1/C=C1\C=Nc2ccccc21. The van der Waals surface area contributed by atoms with Gasteiger partial charge in [-0.3, -0.25) is 14.9 Å². The highest BCUT2D eigenvalue weighted by molar-refractivity contribution is 6.21. The van der Waals surface area contributed by atoms with Crippen molar-refractivity contribution in [1.29, 1.82) is 0 Å². The molecule has 2 aromatic carbocycles. The topological polar surface area (TPSA) is 50.1 Å². The van der Waals surface area contributed by atoms with E-state index < -0.39 is 17.3 Å². The number of alkyl halides is 3. The molecule has 0 radical (unpaired) electrons. The minimum absolute atomic E-state index is 0.128. The van der Waals surface area contributed by atoms with Crippen LogP contribution < -0.4 is 5.56 Å². The Balaban J connectivity index is 1.80. The van der Waals surface area contributed by atoms with Crippen molar-refractivity contribution in [2.75, 3.05) is 0 Å². The quantitative estimate of drug-likeness (QED) is 0.696. The van der Waals surface area contributed by atoms with Crippen molar-refractivity contribution >= 4 is 23.6 Å². The number of hydrogen-bond acceptors (Lipinski definition) is 2. The Kier molecular flexibility index (Phi) is 3.87. The number of aromatic nitrogens is 2. The highest BCUT2D eigenvalue weighted by Crippen LogP contribution is 2.32. The summed E-state index contributed by atoms with van der Waals surface area (Å²) < 4.78 is 40.0. The van der Waals surface area contributed by atoms with Gasteiger partial charge < -0.3 is 0 Å². The first-order chi connectivity index (χ1) is 12.8. The maximum Gasteiger partial charge on any atom is 0.416 e. The van der Waals surface area contributed by atoms with Crippen molar-refractivity contribution < 1.29 is 13.2 Å². The van der Waals surface area contributed by atoms with Gasteiger partial charge in [0.25, 0.3) is 5.56 Å². The second kappa shape index (κ2) is 6.12. The Labute approximate surface area is 152 Å². The molecule has 0 amide bonds. The van der Waals surface area contributed by atoms with Crippen LogP contribution in [0.2, 0.25) is 0 Å². The van der Waals surface area contributed by atoms with E-state index in [0.717, 1.165) is 33.6 Å². The summed E-state index contributed by atoms with van der Waals surface area (Å²) in [6.45, 7) is 1.70. The minimum atomic E-state index is -4.48. The van der Waals surface area contributed by atoms with Crippen LogP contribution in [0.4, 0.5) is 18.9 Å². The average Bonchev–Trinajstić information content (AvgIpc) is 3.17. The highest BCUT2D eigenvalue weighted by Gasteiger charge is 2.30. The minimum Gasteiger partial charge on any atom is -0.295 e. The summed E-state index contributed by atoms with van der Waals surface area (Å²) in [5, 5.41) is 2.85. The lowest BCUT2D eigenvalue weighted by atomic mass is 10.0. The smallest absolute Gasteiger partial charge is 0.295 e. The van der Waals surface area contributed by atoms with Crippen LogP contribution in [-0.2, 0) is 6.18 Å². The largest absolute Gasteiger partial charge is 0.416 e. The third-order valence-corrected chi connectivity index (χ3v) is 4.41. The Bertz CT molecular complexity index is 1150. The van der Waals surface area contributed by atoms with Crippen molar-refractivity contribution in [2.45, 2.75) is 13.1 Å². The molecule has 1 aromatic heterocycles. The van der Waals surface area contributed by atoms with Crippen LogP contribution in [0.25, 0.3) is 17.3 Å². The maximum absolute atomic E-state index is 13.0. The van der Waals surface area contributed by atoms with Gasteiger partial charge in [0.05, 0.1) is 22.5 Å². The molecule has 7 heteroatoms. The molecule has 0 aliphatic carbocycles. The molecule has 1 N–H and O–H groups in total. The number of benzene rings is 2. The highest BCUT2D eigenvalue weighted by atomic mass is 19.4. The van der Waals surface area contributed by atoms with Gasteiger partial charge >= 0.3 is 6.18 Å². The number of H-pyrrole nitrogens is 1. The first kappa shape index (κ1) is 17.1. The molecule has 4 rings (SSSR count). The fourth-order valence-electron chi connectivity index (χ4n) is 3.04. The lowest BCUT2D eigenvalue weighted by Crippen LogP contribution is -2.17. The summed E-state index contributed by atoms with van der Waals surface area (Å²) in [6.07, 6.45) is -1.10. The Hall–Kier alpha value is -3.35. The molecular formula is C20H14F3N3O. The number of fused-ring (bicyclic) bond motifs is 1. The maximum atomic E-state index is 13.0. The number of hydrogen-bond donors (Lipinski definition) is 1. The molecule has 27 heavy (non-hydrogen) atoms. The summed E-state index contributed by atoms with van der Waals surface area (Å²) in [5.41, 5.74) is 2.34. The summed E-state index contributed by atoms with van der Waals surface area (Å²) in [7, 11) is 0. The molecule has 136 valence electrons. The molecule has 1 aliphatic rings. The van der Waals surface area contributed by atoms with Crippen molar-refractivity contribution in [3.05, 3.63) is 81.3 Å². The van der Waals surface area contributed by atoms with Crippen LogP contribution in [0.1, 0.15) is 22.4 Å². The Morgan fingerprint density at radius 2 is 1.89 bits per heavy atom. The van der Waals surface area contributed by atoms with E-state index >= 15 is 0 Å². The Morgan fingerprint density at radius 1 is 1.11 bits per heavy atom. The monoisotopic (exact) mass is 369 g/mol. The fourth-order valence-corrected chi connectivity index (χ4v) is 3.04. The molecule has 0 spiro atoms. The zero-order valence-electron chi connectivity index (χ0n) is 14.2. The fraction of sp³-hybridized carbons (Fsp3) is 0.100. The predicted octanol–water partition coefficient (Wildman–Crippen LogP) is 4.75. The summed E-state index contributed by atoms with van der Waals surface area (Å²) in [4.78, 5) is 17.1. The van der Waals surface area contributed by atoms with Crippen LogP contribution in [0, 0.1) is 6.92 Å². The molecule has 0 saturated heterocycles. The van der Waals surface area contributed by atoms with Crippen LogP contribution in [0.5, 0.6) is 0 Å². The van der Waals surface area contributed by atoms with E-state index in [1.165, 1.54) is 12.1 Å². The van der Waals surface area contributed by atoms with Gasteiger partial charge in [-0.1, -0.05) is 24.3 Å². The van der Waals surface area contributed by atoms with Gasteiger partial charge in [0.1, 0.15) is 0 Å². The van der Waals surface area contributed by atoms with Gasteiger partial charge in [-0.2, -0.15) is 13.2 Å². The van der Waals surface area contributed by atoms with E-state index in [2.05, 4.69) is 10.1 Å². The second-order valence-corrected chi connectivity index (χ2v) is 6.21. The van der Waals surface area contributed by atoms with Gasteiger partial charge in [-0.25, -0.2) is 4.68 Å². The van der Waals surface area contributed by atoms with E-state index in [-0.39, 0.29) is 5.69 Å². The number of halogens is 3. The number of aryl methyl sites for hydroxylation is 1. The van der Waals surface area contributed by atoms with E-state index in [9.17, 15) is 18.0 Å². The van der Waals surface area contributed by atoms with E-state index in [1.54, 1.807) is 19.2 Å². The molecule has 0 fully saturated rings. The number of para-hydroxylation sites is 1. The molecule has 4 nitrogen and oxygen atoms in total. The number of nitrogens with zero attached hydrogens (tertiary/aromatic N) is 2. The molecule has 3 aromatic rings.